The molecule has 0 spiro atoms. The topological polar surface area (TPSA) is 23.5 Å². The van der Waals surface area contributed by atoms with Crippen molar-refractivity contribution in [2.45, 2.75) is 51.7 Å². The van der Waals surface area contributed by atoms with E-state index in [0.29, 0.717) is 6.04 Å². The van der Waals surface area contributed by atoms with E-state index < -0.39 is 0 Å². The van der Waals surface area contributed by atoms with Crippen LogP contribution in [0.15, 0.2) is 0 Å². The van der Waals surface area contributed by atoms with Crippen molar-refractivity contribution in [2.75, 3.05) is 13.6 Å². The molecule has 78 valence electrons. The van der Waals surface area contributed by atoms with Gasteiger partial charge in [-0.2, -0.15) is 0 Å². The van der Waals surface area contributed by atoms with Gasteiger partial charge in [-0.25, -0.2) is 0 Å². The summed E-state index contributed by atoms with van der Waals surface area (Å²) in [5, 5.41) is 9.16. The third kappa shape index (κ3) is 3.28. The van der Waals surface area contributed by atoms with Gasteiger partial charge in [0.15, 0.2) is 0 Å². The molecule has 1 unspecified atom stereocenters. The lowest BCUT2D eigenvalue weighted by Gasteiger charge is -2.38. The molecular weight excluding hydrogens is 162 g/mol. The lowest BCUT2D eigenvalue weighted by Crippen LogP contribution is -2.45. The maximum absolute atomic E-state index is 9.16. The average Bonchev–Trinajstić information content (AvgIpc) is 2.08. The molecule has 1 atom stereocenters. The molecule has 1 N–H and O–H groups in total. The monoisotopic (exact) mass is 185 g/mol. The minimum Gasteiger partial charge on any atom is -0.393 e. The molecule has 0 amide bonds. The molecule has 0 aromatic rings. The van der Waals surface area contributed by atoms with Crippen LogP contribution in [-0.2, 0) is 0 Å². The second kappa shape index (κ2) is 4.97. The van der Waals surface area contributed by atoms with Crippen LogP contribution in [0.3, 0.4) is 0 Å². The predicted molar refractivity (Wildman–Crippen MR) is 55.7 cm³/mol. The molecule has 1 rings (SSSR count). The normalized spacial score (nSPS) is 30.2. The molecule has 1 aliphatic carbocycles. The van der Waals surface area contributed by atoms with Crippen LogP contribution in [0, 0.1) is 5.92 Å². The van der Waals surface area contributed by atoms with Crippen LogP contribution in [0.5, 0.6) is 0 Å². The molecule has 0 aromatic heterocycles. The van der Waals surface area contributed by atoms with Crippen molar-refractivity contribution in [1.82, 2.24) is 4.90 Å². The molecule has 0 aliphatic heterocycles. The summed E-state index contributed by atoms with van der Waals surface area (Å²) in [6.07, 6.45) is 4.52. The van der Waals surface area contributed by atoms with Crippen molar-refractivity contribution in [3.05, 3.63) is 0 Å². The Labute approximate surface area is 81.9 Å². The Hall–Kier alpha value is -0.0800. The number of aliphatic hydroxyl groups excluding tert-OH is 1. The quantitative estimate of drug-likeness (QED) is 0.707. The van der Waals surface area contributed by atoms with Gasteiger partial charge in [-0.3, -0.25) is 0 Å². The highest BCUT2D eigenvalue weighted by Crippen LogP contribution is 2.24. The Morgan fingerprint density at radius 2 is 2.08 bits per heavy atom. The fraction of sp³-hybridized carbons (Fsp3) is 1.00. The van der Waals surface area contributed by atoms with Gasteiger partial charge in [0.2, 0.25) is 0 Å². The minimum atomic E-state index is -0.0175. The van der Waals surface area contributed by atoms with E-state index in [4.69, 9.17) is 5.11 Å². The maximum Gasteiger partial charge on any atom is 0.0570 e. The highest BCUT2D eigenvalue weighted by Gasteiger charge is 2.29. The van der Waals surface area contributed by atoms with Crippen molar-refractivity contribution in [3.63, 3.8) is 0 Å². The summed E-state index contributed by atoms with van der Waals surface area (Å²) in [4.78, 5) is 2.40. The molecule has 13 heavy (non-hydrogen) atoms. The van der Waals surface area contributed by atoms with Crippen molar-refractivity contribution in [1.29, 1.82) is 0 Å². The van der Waals surface area contributed by atoms with Gasteiger partial charge in [0.1, 0.15) is 0 Å². The van der Waals surface area contributed by atoms with Crippen molar-refractivity contribution >= 4 is 0 Å². The fourth-order valence-electron chi connectivity index (χ4n) is 1.73. The van der Waals surface area contributed by atoms with Gasteiger partial charge in [0.25, 0.3) is 0 Å². The molecule has 0 bridgehead atoms. The number of hydrogen-bond acceptors (Lipinski definition) is 2. The Morgan fingerprint density at radius 3 is 2.54 bits per heavy atom. The highest BCUT2D eigenvalue weighted by molar-refractivity contribution is 4.85. The summed E-state index contributed by atoms with van der Waals surface area (Å²) >= 11 is 0. The molecule has 2 nitrogen and oxygen atoms in total. The first-order chi connectivity index (χ1) is 6.13. The summed E-state index contributed by atoms with van der Waals surface area (Å²) in [5.41, 5.74) is 0. The van der Waals surface area contributed by atoms with E-state index in [1.54, 1.807) is 0 Å². The number of hydrogen-bond donors (Lipinski definition) is 1. The molecule has 0 radical (unpaired) electrons. The van der Waals surface area contributed by atoms with E-state index in [9.17, 15) is 0 Å². The van der Waals surface area contributed by atoms with Crippen LogP contribution in [0.2, 0.25) is 0 Å². The standard InChI is InChI=1S/C11H23NO/c1-4-9(2)5-6-12(3)10-7-11(13)8-10/h9-11,13H,4-8H2,1-3H3. The number of nitrogens with zero attached hydrogens (tertiary/aromatic N) is 1. The average molecular weight is 185 g/mol. The number of aliphatic hydroxyl groups is 1. The minimum absolute atomic E-state index is 0.0175. The van der Waals surface area contributed by atoms with Gasteiger partial charge in [-0.1, -0.05) is 20.3 Å². The summed E-state index contributed by atoms with van der Waals surface area (Å²) < 4.78 is 0. The first-order valence-electron chi connectivity index (χ1n) is 5.51. The zero-order valence-corrected chi connectivity index (χ0v) is 9.16. The van der Waals surface area contributed by atoms with Crippen LogP contribution in [0.25, 0.3) is 0 Å². The smallest absolute Gasteiger partial charge is 0.0570 e. The Kier molecular flexibility index (Phi) is 4.20. The van der Waals surface area contributed by atoms with Crippen LogP contribution >= 0.6 is 0 Å². The summed E-state index contributed by atoms with van der Waals surface area (Å²) in [7, 11) is 2.18. The maximum atomic E-state index is 9.16. The van der Waals surface area contributed by atoms with E-state index in [2.05, 4.69) is 25.8 Å². The van der Waals surface area contributed by atoms with Gasteiger partial charge >= 0.3 is 0 Å². The molecule has 1 saturated carbocycles. The van der Waals surface area contributed by atoms with Crippen molar-refractivity contribution in [2.24, 2.45) is 5.92 Å². The molecule has 0 aromatic carbocycles. The SMILES string of the molecule is CCC(C)CCN(C)C1CC(O)C1. The van der Waals surface area contributed by atoms with E-state index >= 15 is 0 Å². The Bertz CT molecular complexity index is 143. The molecule has 0 saturated heterocycles. The largest absolute Gasteiger partial charge is 0.393 e. The van der Waals surface area contributed by atoms with E-state index in [1.165, 1.54) is 19.4 Å². The van der Waals surface area contributed by atoms with Crippen LogP contribution in [0.4, 0.5) is 0 Å². The van der Waals surface area contributed by atoms with Gasteiger partial charge in [0, 0.05) is 6.04 Å². The van der Waals surface area contributed by atoms with E-state index in [-0.39, 0.29) is 6.10 Å². The van der Waals surface area contributed by atoms with E-state index in [1.807, 2.05) is 0 Å². The van der Waals surface area contributed by atoms with Gasteiger partial charge in [0.05, 0.1) is 6.10 Å². The summed E-state index contributed by atoms with van der Waals surface area (Å²) in [6.45, 7) is 5.74. The Balaban J connectivity index is 2.07. The first-order valence-corrected chi connectivity index (χ1v) is 5.51. The molecular formula is C11H23NO. The van der Waals surface area contributed by atoms with Gasteiger partial charge < -0.3 is 10.0 Å². The van der Waals surface area contributed by atoms with Crippen molar-refractivity contribution in [3.8, 4) is 0 Å². The van der Waals surface area contributed by atoms with E-state index in [0.717, 1.165) is 18.8 Å². The Morgan fingerprint density at radius 1 is 1.46 bits per heavy atom. The second-order valence-electron chi connectivity index (χ2n) is 4.56. The third-order valence-electron chi connectivity index (χ3n) is 3.38. The van der Waals surface area contributed by atoms with Gasteiger partial charge in [-0.15, -0.1) is 0 Å². The fourth-order valence-corrected chi connectivity index (χ4v) is 1.73. The summed E-state index contributed by atoms with van der Waals surface area (Å²) in [6, 6.07) is 0.652. The number of rotatable bonds is 5. The second-order valence-corrected chi connectivity index (χ2v) is 4.56. The lowest BCUT2D eigenvalue weighted by atomic mass is 9.88. The van der Waals surface area contributed by atoms with Crippen LogP contribution in [0.1, 0.15) is 39.5 Å². The highest BCUT2D eigenvalue weighted by atomic mass is 16.3. The van der Waals surface area contributed by atoms with Crippen LogP contribution in [-0.4, -0.2) is 35.7 Å². The predicted octanol–water partition coefficient (Wildman–Crippen LogP) is 1.88. The zero-order valence-electron chi connectivity index (χ0n) is 9.16. The third-order valence-corrected chi connectivity index (χ3v) is 3.38. The van der Waals surface area contributed by atoms with Gasteiger partial charge in [-0.05, 0) is 38.8 Å². The molecule has 1 aliphatic rings. The summed E-state index contributed by atoms with van der Waals surface area (Å²) in [5.74, 6) is 0.840. The lowest BCUT2D eigenvalue weighted by molar-refractivity contribution is 0.0107. The van der Waals surface area contributed by atoms with Crippen molar-refractivity contribution < 1.29 is 5.11 Å². The zero-order chi connectivity index (χ0) is 9.84. The first kappa shape index (κ1) is 11.0. The molecule has 0 heterocycles. The molecule has 1 fully saturated rings. The molecule has 2 heteroatoms. The van der Waals surface area contributed by atoms with Crippen LogP contribution < -0.4 is 0 Å².